The van der Waals surface area contributed by atoms with E-state index >= 15 is 0 Å². The summed E-state index contributed by atoms with van der Waals surface area (Å²) in [6, 6.07) is 2.16. The third-order valence-electron chi connectivity index (χ3n) is 3.04. The molecule has 1 saturated carbocycles. The second kappa shape index (κ2) is 4.74. The van der Waals surface area contributed by atoms with Crippen molar-refractivity contribution in [1.82, 2.24) is 0 Å². The van der Waals surface area contributed by atoms with Crippen molar-refractivity contribution in [2.45, 2.75) is 38.5 Å². The lowest BCUT2D eigenvalue weighted by atomic mass is 9.84. The van der Waals surface area contributed by atoms with Crippen LogP contribution in [0, 0.1) is 5.92 Å². The molecule has 1 fully saturated rings. The van der Waals surface area contributed by atoms with E-state index in [4.69, 9.17) is 0 Å². The van der Waals surface area contributed by atoms with Gasteiger partial charge in [0.25, 0.3) is 0 Å². The van der Waals surface area contributed by atoms with Gasteiger partial charge in [-0.25, -0.2) is 0 Å². The molecule has 1 aromatic heterocycles. The summed E-state index contributed by atoms with van der Waals surface area (Å²) in [5, 5.41) is 4.30. The van der Waals surface area contributed by atoms with Gasteiger partial charge in [-0.05, 0) is 48.1 Å². The maximum Gasteiger partial charge on any atom is 0.135 e. The lowest BCUT2D eigenvalue weighted by Crippen LogP contribution is -2.19. The molecule has 0 N–H and O–H groups in total. The fraction of sp³-hybridized carbons (Fsp3) is 0.583. The van der Waals surface area contributed by atoms with E-state index in [2.05, 4.69) is 16.8 Å². The van der Waals surface area contributed by atoms with Crippen LogP contribution in [0.2, 0.25) is 0 Å². The topological polar surface area (TPSA) is 17.1 Å². The molecule has 1 heterocycles. The van der Waals surface area contributed by atoms with Gasteiger partial charge in [0.2, 0.25) is 0 Å². The standard InChI is InChI=1S/C12H16OS/c13-12-4-2-1-3-11(12)6-5-10-7-8-14-9-10/h7-9,11H,1-6H2. The molecule has 0 saturated heterocycles. The summed E-state index contributed by atoms with van der Waals surface area (Å²) >= 11 is 1.74. The fourth-order valence-electron chi connectivity index (χ4n) is 2.14. The second-order valence-corrected chi connectivity index (χ2v) is 4.86. The lowest BCUT2D eigenvalue weighted by Gasteiger charge is -2.19. The number of hydrogen-bond acceptors (Lipinski definition) is 2. The minimum absolute atomic E-state index is 0.364. The molecule has 0 amide bonds. The summed E-state index contributed by atoms with van der Waals surface area (Å²) < 4.78 is 0. The number of ketones is 1. The van der Waals surface area contributed by atoms with Gasteiger partial charge in [0.05, 0.1) is 0 Å². The van der Waals surface area contributed by atoms with Crippen molar-refractivity contribution in [3.63, 3.8) is 0 Å². The van der Waals surface area contributed by atoms with E-state index in [0.717, 1.165) is 32.1 Å². The van der Waals surface area contributed by atoms with Crippen molar-refractivity contribution < 1.29 is 4.79 Å². The van der Waals surface area contributed by atoms with Crippen molar-refractivity contribution >= 4 is 17.1 Å². The van der Waals surface area contributed by atoms with Crippen molar-refractivity contribution in [1.29, 1.82) is 0 Å². The Labute approximate surface area is 89.1 Å². The molecule has 0 radical (unpaired) electrons. The molecule has 2 heteroatoms. The molecule has 1 atom stereocenters. The zero-order valence-corrected chi connectivity index (χ0v) is 9.19. The molecule has 1 aromatic rings. The van der Waals surface area contributed by atoms with Gasteiger partial charge in [0.15, 0.2) is 0 Å². The fourth-order valence-corrected chi connectivity index (χ4v) is 2.84. The van der Waals surface area contributed by atoms with Crippen LogP contribution in [0.15, 0.2) is 16.8 Å². The summed E-state index contributed by atoms with van der Waals surface area (Å²) in [7, 11) is 0. The number of rotatable bonds is 3. The minimum Gasteiger partial charge on any atom is -0.299 e. The van der Waals surface area contributed by atoms with Crippen LogP contribution in [0.1, 0.15) is 37.7 Å². The predicted molar refractivity (Wildman–Crippen MR) is 59.6 cm³/mol. The maximum atomic E-state index is 11.6. The average molecular weight is 208 g/mol. The SMILES string of the molecule is O=C1CCCCC1CCc1ccsc1. The highest BCUT2D eigenvalue weighted by Crippen LogP contribution is 2.25. The minimum atomic E-state index is 0.364. The molecule has 1 aliphatic rings. The molecule has 1 nitrogen and oxygen atoms in total. The average Bonchev–Trinajstić information content (AvgIpc) is 2.69. The quantitative estimate of drug-likeness (QED) is 0.743. The summed E-state index contributed by atoms with van der Waals surface area (Å²) in [4.78, 5) is 11.6. The third kappa shape index (κ3) is 2.44. The number of hydrogen-bond donors (Lipinski definition) is 0. The Bertz CT molecular complexity index is 289. The molecule has 2 rings (SSSR count). The van der Waals surface area contributed by atoms with Gasteiger partial charge < -0.3 is 0 Å². The van der Waals surface area contributed by atoms with E-state index in [1.54, 1.807) is 11.3 Å². The Morgan fingerprint density at radius 1 is 1.43 bits per heavy atom. The van der Waals surface area contributed by atoms with Gasteiger partial charge in [0, 0.05) is 12.3 Å². The van der Waals surface area contributed by atoms with Crippen LogP contribution in [0.25, 0.3) is 0 Å². The van der Waals surface area contributed by atoms with E-state index < -0.39 is 0 Å². The first kappa shape index (κ1) is 9.91. The molecule has 0 spiro atoms. The Balaban J connectivity index is 1.82. The first-order valence-electron chi connectivity index (χ1n) is 5.40. The van der Waals surface area contributed by atoms with Crippen LogP contribution in [0.5, 0.6) is 0 Å². The van der Waals surface area contributed by atoms with Gasteiger partial charge in [-0.2, -0.15) is 11.3 Å². The zero-order chi connectivity index (χ0) is 9.80. The molecule has 0 bridgehead atoms. The number of carbonyl (C=O) groups is 1. The molecule has 0 aromatic carbocycles. The number of thiophene rings is 1. The van der Waals surface area contributed by atoms with Crippen LogP contribution in [0.4, 0.5) is 0 Å². The zero-order valence-electron chi connectivity index (χ0n) is 8.37. The molecule has 14 heavy (non-hydrogen) atoms. The largest absolute Gasteiger partial charge is 0.299 e. The van der Waals surface area contributed by atoms with E-state index in [1.165, 1.54) is 12.0 Å². The summed E-state index contributed by atoms with van der Waals surface area (Å²) in [5.41, 5.74) is 1.40. The molecular formula is C12H16OS. The van der Waals surface area contributed by atoms with Crippen molar-refractivity contribution in [2.24, 2.45) is 5.92 Å². The monoisotopic (exact) mass is 208 g/mol. The van der Waals surface area contributed by atoms with Crippen LogP contribution in [0.3, 0.4) is 0 Å². The second-order valence-electron chi connectivity index (χ2n) is 4.08. The maximum absolute atomic E-state index is 11.6. The van der Waals surface area contributed by atoms with E-state index in [1.807, 2.05) is 0 Å². The summed E-state index contributed by atoms with van der Waals surface area (Å²) in [6.45, 7) is 0. The van der Waals surface area contributed by atoms with Gasteiger partial charge in [-0.1, -0.05) is 6.42 Å². The Hall–Kier alpha value is -0.630. The number of carbonyl (C=O) groups excluding carboxylic acids is 1. The molecule has 76 valence electrons. The van der Waals surface area contributed by atoms with Crippen molar-refractivity contribution in [3.05, 3.63) is 22.4 Å². The normalized spacial score (nSPS) is 22.6. The number of Topliss-reactive ketones (excluding diaryl/α,β-unsaturated/α-hetero) is 1. The lowest BCUT2D eigenvalue weighted by molar-refractivity contribution is -0.124. The Kier molecular flexibility index (Phi) is 3.35. The summed E-state index contributed by atoms with van der Waals surface area (Å²) in [6.07, 6.45) is 6.47. The molecule has 0 aliphatic heterocycles. The van der Waals surface area contributed by atoms with Crippen molar-refractivity contribution in [3.8, 4) is 0 Å². The van der Waals surface area contributed by atoms with Gasteiger partial charge >= 0.3 is 0 Å². The van der Waals surface area contributed by atoms with E-state index in [-0.39, 0.29) is 0 Å². The molecule has 1 unspecified atom stereocenters. The Morgan fingerprint density at radius 2 is 2.36 bits per heavy atom. The van der Waals surface area contributed by atoms with E-state index in [9.17, 15) is 4.79 Å². The van der Waals surface area contributed by atoms with Crippen LogP contribution < -0.4 is 0 Å². The summed E-state index contributed by atoms with van der Waals surface area (Å²) in [5.74, 6) is 0.870. The highest BCUT2D eigenvalue weighted by Gasteiger charge is 2.21. The van der Waals surface area contributed by atoms with Crippen molar-refractivity contribution in [2.75, 3.05) is 0 Å². The van der Waals surface area contributed by atoms with Crippen LogP contribution >= 0.6 is 11.3 Å². The smallest absolute Gasteiger partial charge is 0.135 e. The highest BCUT2D eigenvalue weighted by molar-refractivity contribution is 7.07. The first-order valence-corrected chi connectivity index (χ1v) is 6.34. The van der Waals surface area contributed by atoms with Crippen LogP contribution in [-0.4, -0.2) is 5.78 Å². The van der Waals surface area contributed by atoms with Gasteiger partial charge in [-0.3, -0.25) is 4.79 Å². The highest BCUT2D eigenvalue weighted by atomic mass is 32.1. The first-order chi connectivity index (χ1) is 6.86. The van der Waals surface area contributed by atoms with Crippen LogP contribution in [-0.2, 0) is 11.2 Å². The van der Waals surface area contributed by atoms with Gasteiger partial charge in [-0.15, -0.1) is 0 Å². The van der Waals surface area contributed by atoms with Gasteiger partial charge in [0.1, 0.15) is 5.78 Å². The predicted octanol–water partition coefficient (Wildman–Crippen LogP) is 3.44. The van der Waals surface area contributed by atoms with E-state index in [0.29, 0.717) is 11.7 Å². The number of aryl methyl sites for hydroxylation is 1. The Morgan fingerprint density at radius 3 is 3.07 bits per heavy atom. The molecular weight excluding hydrogens is 192 g/mol. The molecule has 1 aliphatic carbocycles. The third-order valence-corrected chi connectivity index (χ3v) is 3.77.